The third-order valence-corrected chi connectivity index (χ3v) is 8.10. The van der Waals surface area contributed by atoms with Crippen molar-refractivity contribution in [2.24, 2.45) is 5.92 Å². The Bertz CT molecular complexity index is 1490. The van der Waals surface area contributed by atoms with Gasteiger partial charge in [0, 0.05) is 23.7 Å². The number of amides is 1. The summed E-state index contributed by atoms with van der Waals surface area (Å²) in [7, 11) is 1.55. The van der Waals surface area contributed by atoms with Crippen molar-refractivity contribution in [2.45, 2.75) is 50.7 Å². The maximum Gasteiger partial charge on any atom is 0.382 e. The van der Waals surface area contributed by atoms with E-state index in [1.807, 2.05) is 13.0 Å². The van der Waals surface area contributed by atoms with Crippen molar-refractivity contribution in [1.82, 2.24) is 19.7 Å². The maximum absolute atomic E-state index is 14.6. The zero-order chi connectivity index (χ0) is 30.2. The van der Waals surface area contributed by atoms with Crippen LogP contribution in [0.1, 0.15) is 66.7 Å². The summed E-state index contributed by atoms with van der Waals surface area (Å²) in [6.45, 7) is 4.60. The molecule has 5 rings (SSSR count). The molecule has 42 heavy (non-hydrogen) atoms. The highest BCUT2D eigenvalue weighted by atomic mass is 35.5. The lowest BCUT2D eigenvalue weighted by molar-refractivity contribution is -0.151. The van der Waals surface area contributed by atoms with Gasteiger partial charge in [-0.15, -0.1) is 10.2 Å². The van der Waals surface area contributed by atoms with Crippen LogP contribution in [0, 0.1) is 12.8 Å². The molecule has 1 aromatic heterocycles. The third-order valence-electron chi connectivity index (χ3n) is 7.70. The molecule has 0 spiro atoms. The number of nitrogens with zero attached hydrogens (tertiary/aromatic N) is 4. The number of aromatic nitrogens is 3. The van der Waals surface area contributed by atoms with E-state index in [1.54, 1.807) is 49.3 Å². The molecule has 0 unspecified atom stereocenters. The van der Waals surface area contributed by atoms with Crippen molar-refractivity contribution in [3.05, 3.63) is 69.8 Å². The summed E-state index contributed by atoms with van der Waals surface area (Å²) in [5.41, 5.74) is 2.23. The van der Waals surface area contributed by atoms with Crippen LogP contribution < -0.4 is 4.74 Å². The second kappa shape index (κ2) is 12.1. The number of carbonyl (C=O) groups is 2. The maximum atomic E-state index is 14.6. The minimum absolute atomic E-state index is 0.00621. The molecular formula is C29H30Cl2F2N4O5. The van der Waals surface area contributed by atoms with E-state index in [2.05, 4.69) is 10.2 Å². The molecule has 1 fully saturated rings. The molecule has 13 heteroatoms. The van der Waals surface area contributed by atoms with Crippen molar-refractivity contribution in [2.75, 3.05) is 26.8 Å². The summed E-state index contributed by atoms with van der Waals surface area (Å²) in [5, 5.41) is 4.26. The van der Waals surface area contributed by atoms with Crippen molar-refractivity contribution in [3.8, 4) is 11.4 Å². The van der Waals surface area contributed by atoms with E-state index in [4.69, 9.17) is 37.4 Å². The number of likely N-dealkylation sites (tertiary alicyclic amines) is 1. The van der Waals surface area contributed by atoms with Crippen LogP contribution in [-0.4, -0.2) is 58.3 Å². The van der Waals surface area contributed by atoms with Gasteiger partial charge >= 0.3 is 11.4 Å². The minimum Gasteiger partial charge on any atom is -0.496 e. The Kier molecular flexibility index (Phi) is 8.73. The highest BCUT2D eigenvalue weighted by Gasteiger charge is 2.43. The van der Waals surface area contributed by atoms with E-state index >= 15 is 0 Å². The lowest BCUT2D eigenvalue weighted by Crippen LogP contribution is -2.41. The molecule has 2 aromatic carbocycles. The monoisotopic (exact) mass is 622 g/mol. The Morgan fingerprint density at radius 3 is 2.55 bits per heavy atom. The number of carbonyl (C=O) groups excluding carboxylic acids is 2. The normalized spacial score (nSPS) is 19.1. The summed E-state index contributed by atoms with van der Waals surface area (Å²) < 4.78 is 47.7. The average molecular weight is 623 g/mol. The number of hydrogen-bond donors (Lipinski definition) is 0. The van der Waals surface area contributed by atoms with Crippen LogP contribution in [0.4, 0.5) is 8.78 Å². The zero-order valence-corrected chi connectivity index (χ0v) is 24.8. The minimum atomic E-state index is -3.86. The quantitative estimate of drug-likeness (QED) is 0.240. The molecule has 1 saturated heterocycles. The van der Waals surface area contributed by atoms with Crippen LogP contribution in [0.15, 0.2) is 36.4 Å². The number of fused-ring (bicyclic) bond motifs is 3. The summed E-state index contributed by atoms with van der Waals surface area (Å²) in [6, 6.07) is 10.2. The Morgan fingerprint density at radius 1 is 1.14 bits per heavy atom. The second-order valence-corrected chi connectivity index (χ2v) is 11.1. The van der Waals surface area contributed by atoms with Crippen LogP contribution in [0.5, 0.6) is 5.75 Å². The molecule has 0 N–H and O–H groups in total. The molecule has 0 bridgehead atoms. The van der Waals surface area contributed by atoms with Gasteiger partial charge in [0.05, 0.1) is 31.7 Å². The van der Waals surface area contributed by atoms with Crippen LogP contribution in [0.2, 0.25) is 5.02 Å². The van der Waals surface area contributed by atoms with Crippen LogP contribution in [0.25, 0.3) is 5.69 Å². The van der Waals surface area contributed by atoms with Gasteiger partial charge in [-0.1, -0.05) is 23.7 Å². The van der Waals surface area contributed by atoms with Gasteiger partial charge in [-0.25, -0.2) is 0 Å². The molecule has 0 saturated carbocycles. The lowest BCUT2D eigenvalue weighted by Gasteiger charge is -2.32. The van der Waals surface area contributed by atoms with E-state index in [9.17, 15) is 18.4 Å². The standard InChI is InChI=1S/C29H30Cl2F2N4O5/c1-4-41-27(39)17-10-12-36(13-11-17)24(38)15-23-26-34-35-28(29(31,32)33)37(26)21-9-8-18(30)14-20(21)25(42-23)19-6-5-7-22(40-3)16(19)2/h5-9,14,17,23,25H,4,10-13,15H2,1-3H3/t23-,25-/m0/s1. The summed E-state index contributed by atoms with van der Waals surface area (Å²) in [6.07, 6.45) is -1.20. The van der Waals surface area contributed by atoms with Gasteiger partial charge < -0.3 is 19.1 Å². The smallest absolute Gasteiger partial charge is 0.382 e. The first-order valence-corrected chi connectivity index (χ1v) is 14.3. The molecular weight excluding hydrogens is 593 g/mol. The Balaban J connectivity index is 1.55. The van der Waals surface area contributed by atoms with E-state index in [1.165, 1.54) is 0 Å². The van der Waals surface area contributed by atoms with E-state index < -0.39 is 23.4 Å². The van der Waals surface area contributed by atoms with Crippen LogP contribution in [-0.2, 0) is 24.4 Å². The molecule has 2 atom stereocenters. The second-order valence-electron chi connectivity index (χ2n) is 10.2. The molecule has 9 nitrogen and oxygen atoms in total. The molecule has 0 radical (unpaired) electrons. The number of piperidine rings is 1. The van der Waals surface area contributed by atoms with Crippen molar-refractivity contribution < 1.29 is 32.6 Å². The zero-order valence-electron chi connectivity index (χ0n) is 23.3. The first-order chi connectivity index (χ1) is 20.0. The SMILES string of the molecule is CCOC(=O)C1CCN(C(=O)C[C@@H]2O[C@@H](c3cccc(OC)c3C)c3cc(Cl)ccc3-n3c2nnc3C(F)(F)Cl)CC1. The van der Waals surface area contributed by atoms with Gasteiger partial charge in [0.15, 0.2) is 5.82 Å². The van der Waals surface area contributed by atoms with E-state index in [-0.39, 0.29) is 30.0 Å². The third kappa shape index (κ3) is 5.82. The van der Waals surface area contributed by atoms with Gasteiger partial charge in [0.2, 0.25) is 11.7 Å². The van der Waals surface area contributed by atoms with Crippen LogP contribution in [0.3, 0.4) is 0 Å². The highest BCUT2D eigenvalue weighted by Crippen LogP contribution is 2.45. The first-order valence-electron chi connectivity index (χ1n) is 13.6. The summed E-state index contributed by atoms with van der Waals surface area (Å²) in [5.74, 6) is -1.02. The number of methoxy groups -OCH3 is 1. The molecule has 2 aliphatic rings. The van der Waals surface area contributed by atoms with Gasteiger partial charge in [-0.3, -0.25) is 14.2 Å². The number of ether oxygens (including phenoxy) is 3. The topological polar surface area (TPSA) is 95.8 Å². The van der Waals surface area contributed by atoms with Gasteiger partial charge in [0.1, 0.15) is 18.0 Å². The fraction of sp³-hybridized carbons (Fsp3) is 0.448. The summed E-state index contributed by atoms with van der Waals surface area (Å²) >= 11 is 11.9. The highest BCUT2D eigenvalue weighted by molar-refractivity contribution is 6.30. The number of halogens is 4. The van der Waals surface area contributed by atoms with Crippen LogP contribution >= 0.6 is 23.2 Å². The Morgan fingerprint density at radius 2 is 1.88 bits per heavy atom. The molecule has 224 valence electrons. The van der Waals surface area contributed by atoms with Crippen molar-refractivity contribution in [3.63, 3.8) is 0 Å². The average Bonchev–Trinajstić information content (AvgIpc) is 3.37. The summed E-state index contributed by atoms with van der Waals surface area (Å²) in [4.78, 5) is 27.4. The fourth-order valence-corrected chi connectivity index (χ4v) is 5.90. The molecule has 1 amide bonds. The Labute approximate surface area is 251 Å². The Hall–Kier alpha value is -3.28. The fourth-order valence-electron chi connectivity index (χ4n) is 5.59. The van der Waals surface area contributed by atoms with Crippen molar-refractivity contribution in [1.29, 1.82) is 0 Å². The number of hydrogen-bond acceptors (Lipinski definition) is 7. The molecule has 3 heterocycles. The van der Waals surface area contributed by atoms with E-state index in [0.717, 1.165) is 10.1 Å². The first kappa shape index (κ1) is 30.2. The molecule has 3 aromatic rings. The van der Waals surface area contributed by atoms with Gasteiger partial charge in [0.25, 0.3) is 0 Å². The van der Waals surface area contributed by atoms with Gasteiger partial charge in [-0.05, 0) is 73.7 Å². The largest absolute Gasteiger partial charge is 0.496 e. The number of rotatable bonds is 7. The number of alkyl halides is 3. The predicted molar refractivity (Wildman–Crippen MR) is 150 cm³/mol. The molecule has 0 aliphatic carbocycles. The number of benzene rings is 2. The van der Waals surface area contributed by atoms with Crippen molar-refractivity contribution >= 4 is 35.1 Å². The predicted octanol–water partition coefficient (Wildman–Crippen LogP) is 5.88. The molecule has 2 aliphatic heterocycles. The number of esters is 1. The van der Waals surface area contributed by atoms with E-state index in [0.29, 0.717) is 60.1 Å². The van der Waals surface area contributed by atoms with Gasteiger partial charge in [-0.2, -0.15) is 8.78 Å². The lowest BCUT2D eigenvalue weighted by atomic mass is 9.95.